The number of nitrogens with zero attached hydrogens (tertiary/aromatic N) is 6. The average molecular weight is 445 g/mol. The first kappa shape index (κ1) is 24.6. The Balaban J connectivity index is 0.00000166. The topological polar surface area (TPSA) is 70.1 Å². The van der Waals surface area contributed by atoms with E-state index in [0.29, 0.717) is 11.5 Å². The first-order valence-electron chi connectivity index (χ1n) is 10.8. The number of pyridine rings is 1. The Morgan fingerprint density at radius 1 is 1.42 bits per heavy atom. The van der Waals surface area contributed by atoms with E-state index in [0.717, 1.165) is 49.5 Å². The predicted octanol–water partition coefficient (Wildman–Crippen LogP) is 5.50. The van der Waals surface area contributed by atoms with Crippen molar-refractivity contribution in [1.82, 2.24) is 15.0 Å². The van der Waals surface area contributed by atoms with Gasteiger partial charge in [-0.1, -0.05) is 42.8 Å². The summed E-state index contributed by atoms with van der Waals surface area (Å²) in [7, 11) is 2.04. The van der Waals surface area contributed by atoms with E-state index in [2.05, 4.69) is 36.7 Å². The quantitative estimate of drug-likeness (QED) is 0.244. The van der Waals surface area contributed by atoms with Crippen LogP contribution in [0.25, 0.3) is 11.1 Å². The highest BCUT2D eigenvalue weighted by Crippen LogP contribution is 2.29. The van der Waals surface area contributed by atoms with Gasteiger partial charge in [0.25, 0.3) is 0 Å². The standard InChI is InChI=1S/C21H27ClN6O.C2H6/c1-4-17(8-6-12-22)27(3)20(25-24-5-2)16-10-14-28(15-11-16)21-19-18(29-26-21)9-7-13-23-19;1-2/h4-7,9,12-13,16-17H,1,8,10-11,14-15H2,2-3H3;1-2H3/b12-6+,24-5+,25-20-;. The average Bonchev–Trinajstić information content (AvgIpc) is 3.26. The molecule has 8 heteroatoms. The van der Waals surface area contributed by atoms with E-state index in [-0.39, 0.29) is 6.04 Å². The Kier molecular flexibility index (Phi) is 10.2. The first-order chi connectivity index (χ1) is 15.2. The number of hydrogen-bond acceptors (Lipinski definition) is 6. The molecule has 1 unspecified atom stereocenters. The normalized spacial score (nSPS) is 16.5. The van der Waals surface area contributed by atoms with Crippen molar-refractivity contribution >= 4 is 40.6 Å². The van der Waals surface area contributed by atoms with E-state index in [9.17, 15) is 0 Å². The fourth-order valence-corrected chi connectivity index (χ4v) is 3.76. The molecule has 0 bridgehead atoms. The van der Waals surface area contributed by atoms with E-state index in [1.54, 1.807) is 17.9 Å². The second kappa shape index (κ2) is 12.9. The number of fused-ring (bicyclic) bond motifs is 1. The summed E-state index contributed by atoms with van der Waals surface area (Å²) in [5.41, 5.74) is 3.07. The molecule has 0 aliphatic carbocycles. The van der Waals surface area contributed by atoms with Gasteiger partial charge < -0.3 is 14.3 Å². The van der Waals surface area contributed by atoms with Crippen molar-refractivity contribution in [3.8, 4) is 0 Å². The SMILES string of the molecule is C=CC(C/C=C/Cl)N(C)/C(=N\N=C\C)C1CCN(c2noc3cccnc23)CC1.CC. The lowest BCUT2D eigenvalue weighted by Crippen LogP contribution is -2.44. The van der Waals surface area contributed by atoms with Gasteiger partial charge in [-0.15, -0.1) is 11.7 Å². The van der Waals surface area contributed by atoms with Crippen LogP contribution in [0.15, 0.2) is 57.3 Å². The van der Waals surface area contributed by atoms with Gasteiger partial charge in [-0.3, -0.25) is 0 Å². The Bertz CT molecular complexity index is 898. The van der Waals surface area contributed by atoms with Crippen LogP contribution in [-0.4, -0.2) is 53.3 Å². The lowest BCUT2D eigenvalue weighted by molar-refractivity contribution is 0.375. The zero-order valence-electron chi connectivity index (χ0n) is 18.9. The number of anilines is 1. The zero-order valence-corrected chi connectivity index (χ0v) is 19.7. The molecule has 3 rings (SSSR count). The van der Waals surface area contributed by atoms with Crippen LogP contribution in [0.3, 0.4) is 0 Å². The van der Waals surface area contributed by atoms with Gasteiger partial charge in [0.15, 0.2) is 16.9 Å². The van der Waals surface area contributed by atoms with Crippen LogP contribution in [0.4, 0.5) is 5.82 Å². The molecule has 0 radical (unpaired) electrons. The van der Waals surface area contributed by atoms with Crippen LogP contribution in [0, 0.1) is 5.92 Å². The molecule has 1 fully saturated rings. The molecule has 7 nitrogen and oxygen atoms in total. The van der Waals surface area contributed by atoms with E-state index in [4.69, 9.17) is 16.1 Å². The van der Waals surface area contributed by atoms with Crippen molar-refractivity contribution in [2.24, 2.45) is 16.1 Å². The van der Waals surface area contributed by atoms with Gasteiger partial charge in [0.05, 0.1) is 6.04 Å². The second-order valence-electron chi connectivity index (χ2n) is 6.96. The highest BCUT2D eigenvalue weighted by molar-refractivity contribution is 6.25. The minimum absolute atomic E-state index is 0.109. The summed E-state index contributed by atoms with van der Waals surface area (Å²) < 4.78 is 5.42. The van der Waals surface area contributed by atoms with Crippen LogP contribution >= 0.6 is 11.6 Å². The number of hydrogen-bond donors (Lipinski definition) is 0. The van der Waals surface area contributed by atoms with Crippen molar-refractivity contribution < 1.29 is 4.52 Å². The summed E-state index contributed by atoms with van der Waals surface area (Å²) in [4.78, 5) is 8.82. The fraction of sp³-hybridized carbons (Fsp3) is 0.478. The van der Waals surface area contributed by atoms with Crippen molar-refractivity contribution in [3.63, 3.8) is 0 Å². The number of amidine groups is 1. The van der Waals surface area contributed by atoms with Crippen LogP contribution in [0.2, 0.25) is 0 Å². The van der Waals surface area contributed by atoms with Crippen molar-refractivity contribution in [2.45, 2.75) is 46.1 Å². The molecule has 2 aromatic heterocycles. The zero-order chi connectivity index (χ0) is 22.6. The molecule has 0 saturated carbocycles. The van der Waals surface area contributed by atoms with Crippen LogP contribution < -0.4 is 4.90 Å². The molecule has 0 spiro atoms. The molecule has 168 valence electrons. The maximum absolute atomic E-state index is 5.71. The number of halogens is 1. The number of piperidine rings is 1. The van der Waals surface area contributed by atoms with Crippen LogP contribution in [-0.2, 0) is 0 Å². The number of rotatable bonds is 7. The molecular formula is C23H33ClN6O. The Hall–Kier alpha value is -2.67. The van der Waals surface area contributed by atoms with Crippen LogP contribution in [0.5, 0.6) is 0 Å². The summed E-state index contributed by atoms with van der Waals surface area (Å²) in [5.74, 6) is 2.08. The third-order valence-electron chi connectivity index (χ3n) is 5.25. The van der Waals surface area contributed by atoms with E-state index in [1.165, 1.54) is 0 Å². The van der Waals surface area contributed by atoms with Gasteiger partial charge in [-0.05, 0) is 38.3 Å². The minimum atomic E-state index is 0.109. The van der Waals surface area contributed by atoms with Gasteiger partial charge in [0.1, 0.15) is 5.84 Å². The van der Waals surface area contributed by atoms with Gasteiger partial charge in [0, 0.05) is 44.0 Å². The van der Waals surface area contributed by atoms with Crippen molar-refractivity contribution in [3.05, 3.63) is 42.6 Å². The summed E-state index contributed by atoms with van der Waals surface area (Å²) in [6.07, 6.45) is 9.98. The first-order valence-corrected chi connectivity index (χ1v) is 11.2. The minimum Gasteiger partial charge on any atom is -0.355 e. The molecule has 2 aromatic rings. The summed E-state index contributed by atoms with van der Waals surface area (Å²) in [6.45, 7) is 11.5. The lowest BCUT2D eigenvalue weighted by atomic mass is 9.94. The van der Waals surface area contributed by atoms with Crippen molar-refractivity contribution in [2.75, 3.05) is 25.0 Å². The largest absolute Gasteiger partial charge is 0.355 e. The molecular weight excluding hydrogens is 412 g/mol. The third-order valence-corrected chi connectivity index (χ3v) is 5.42. The summed E-state index contributed by atoms with van der Waals surface area (Å²) in [6, 6.07) is 3.85. The maximum Gasteiger partial charge on any atom is 0.198 e. The molecule has 1 aliphatic rings. The monoisotopic (exact) mass is 444 g/mol. The van der Waals surface area contributed by atoms with Gasteiger partial charge >= 0.3 is 0 Å². The number of likely N-dealkylation sites (N-methyl/N-ethyl adjacent to an activating group) is 1. The molecule has 3 heterocycles. The molecule has 0 aromatic carbocycles. The number of aromatic nitrogens is 2. The summed E-state index contributed by atoms with van der Waals surface area (Å²) >= 11 is 5.71. The molecule has 0 amide bonds. The molecule has 31 heavy (non-hydrogen) atoms. The third kappa shape index (κ3) is 6.17. The van der Waals surface area contributed by atoms with Gasteiger partial charge in [0.2, 0.25) is 0 Å². The second-order valence-corrected chi connectivity index (χ2v) is 7.21. The van der Waals surface area contributed by atoms with Crippen LogP contribution in [0.1, 0.15) is 40.0 Å². The highest BCUT2D eigenvalue weighted by Gasteiger charge is 2.29. The fourth-order valence-electron chi connectivity index (χ4n) is 3.66. The molecule has 0 N–H and O–H groups in total. The summed E-state index contributed by atoms with van der Waals surface area (Å²) in [5, 5.41) is 12.9. The Morgan fingerprint density at radius 3 is 2.81 bits per heavy atom. The lowest BCUT2D eigenvalue weighted by Gasteiger charge is -2.36. The van der Waals surface area contributed by atoms with Gasteiger partial charge in [-0.25, -0.2) is 4.98 Å². The highest BCUT2D eigenvalue weighted by atomic mass is 35.5. The predicted molar refractivity (Wildman–Crippen MR) is 131 cm³/mol. The van der Waals surface area contributed by atoms with E-state index in [1.807, 2.05) is 52.1 Å². The van der Waals surface area contributed by atoms with Gasteiger partial charge in [-0.2, -0.15) is 5.10 Å². The van der Waals surface area contributed by atoms with E-state index >= 15 is 0 Å². The Labute approximate surface area is 190 Å². The molecule has 1 aliphatic heterocycles. The Morgan fingerprint density at radius 2 is 2.16 bits per heavy atom. The molecule has 1 saturated heterocycles. The maximum atomic E-state index is 5.71. The van der Waals surface area contributed by atoms with E-state index < -0.39 is 0 Å². The molecule has 1 atom stereocenters. The smallest absolute Gasteiger partial charge is 0.198 e. The van der Waals surface area contributed by atoms with Crippen molar-refractivity contribution in [1.29, 1.82) is 0 Å².